The Hall–Kier alpha value is -3.16. The minimum atomic E-state index is -4.89. The minimum absolute atomic E-state index is 0.0194. The summed E-state index contributed by atoms with van der Waals surface area (Å²) in [6, 6.07) is 5.98. The van der Waals surface area contributed by atoms with Gasteiger partial charge < -0.3 is 22.0 Å². The highest BCUT2D eigenvalue weighted by Gasteiger charge is 2.32. The monoisotopic (exact) mass is 456 g/mol. The quantitative estimate of drug-likeness (QED) is 0.255. The summed E-state index contributed by atoms with van der Waals surface area (Å²) in [7, 11) is 0. The molecule has 3 rings (SSSR count). The third kappa shape index (κ3) is 5.06. The van der Waals surface area contributed by atoms with Gasteiger partial charge in [-0.15, -0.1) is 24.5 Å². The van der Waals surface area contributed by atoms with Crippen LogP contribution in [0, 0.1) is 0 Å². The SMILES string of the molecule is NCc1cc(OC(F)(F)F)c2nc(NC(=O)c3ccc(C(N)=CC=NN)s3)sc2c1. The lowest BCUT2D eigenvalue weighted by Crippen LogP contribution is -2.17. The van der Waals surface area contributed by atoms with Crippen LogP contribution in [0.1, 0.15) is 20.1 Å². The average Bonchev–Trinajstić information content (AvgIpc) is 3.31. The summed E-state index contributed by atoms with van der Waals surface area (Å²) in [5.74, 6) is 4.05. The predicted molar refractivity (Wildman–Crippen MR) is 111 cm³/mol. The number of thiophene rings is 1. The third-order valence-electron chi connectivity index (χ3n) is 3.66. The number of hydrazone groups is 1. The highest BCUT2D eigenvalue weighted by atomic mass is 32.1. The van der Waals surface area contributed by atoms with Crippen LogP contribution in [0.5, 0.6) is 5.75 Å². The third-order valence-corrected chi connectivity index (χ3v) is 5.71. The number of nitrogens with zero attached hydrogens (tertiary/aromatic N) is 2. The number of halogens is 3. The number of aromatic nitrogens is 1. The molecule has 8 nitrogen and oxygen atoms in total. The second-order valence-corrected chi connectivity index (χ2v) is 7.86. The molecular weight excluding hydrogens is 441 g/mol. The van der Waals surface area contributed by atoms with E-state index in [1.165, 1.54) is 18.4 Å². The van der Waals surface area contributed by atoms with Gasteiger partial charge in [-0.05, 0) is 35.9 Å². The second-order valence-electron chi connectivity index (χ2n) is 5.75. The zero-order valence-electron chi connectivity index (χ0n) is 15.1. The van der Waals surface area contributed by atoms with Crippen molar-refractivity contribution in [2.24, 2.45) is 22.4 Å². The van der Waals surface area contributed by atoms with E-state index < -0.39 is 18.0 Å². The minimum Gasteiger partial charge on any atom is -0.403 e. The molecular formula is C17H15F3N6O2S2. The number of carbonyl (C=O) groups excluding carboxylic acids is 1. The molecule has 0 aliphatic carbocycles. The smallest absolute Gasteiger partial charge is 0.403 e. The predicted octanol–water partition coefficient (Wildman–Crippen LogP) is 3.21. The summed E-state index contributed by atoms with van der Waals surface area (Å²) in [5.41, 5.74) is 12.2. The fourth-order valence-electron chi connectivity index (χ4n) is 2.41. The van der Waals surface area contributed by atoms with E-state index >= 15 is 0 Å². The number of thiazole rings is 1. The maximum absolute atomic E-state index is 12.7. The molecule has 7 N–H and O–H groups in total. The van der Waals surface area contributed by atoms with E-state index in [1.54, 1.807) is 18.2 Å². The molecule has 3 aromatic rings. The first-order chi connectivity index (χ1) is 14.2. The summed E-state index contributed by atoms with van der Waals surface area (Å²) >= 11 is 2.13. The molecule has 0 unspecified atom stereocenters. The number of rotatable bonds is 6. The first-order valence-corrected chi connectivity index (χ1v) is 9.83. The van der Waals surface area contributed by atoms with Gasteiger partial charge in [0.25, 0.3) is 5.91 Å². The summed E-state index contributed by atoms with van der Waals surface area (Å²) in [4.78, 5) is 17.5. The van der Waals surface area contributed by atoms with Gasteiger partial charge in [-0.3, -0.25) is 10.1 Å². The molecule has 0 saturated heterocycles. The van der Waals surface area contributed by atoms with Crippen LogP contribution in [-0.4, -0.2) is 23.5 Å². The van der Waals surface area contributed by atoms with E-state index in [1.807, 2.05) is 0 Å². The number of allylic oxidation sites excluding steroid dienone is 1. The Morgan fingerprint density at radius 2 is 2.00 bits per heavy atom. The van der Waals surface area contributed by atoms with E-state index in [4.69, 9.17) is 17.3 Å². The summed E-state index contributed by atoms with van der Waals surface area (Å²) in [6.45, 7) is 0.0194. The number of carbonyl (C=O) groups is 1. The Labute approximate surface area is 175 Å². The van der Waals surface area contributed by atoms with Crippen molar-refractivity contribution in [1.29, 1.82) is 0 Å². The first kappa shape index (κ1) is 21.5. The number of amides is 1. The Bertz CT molecular complexity index is 1140. The highest BCUT2D eigenvalue weighted by Crippen LogP contribution is 2.36. The van der Waals surface area contributed by atoms with Crippen LogP contribution in [0.25, 0.3) is 15.9 Å². The van der Waals surface area contributed by atoms with E-state index in [9.17, 15) is 18.0 Å². The number of hydrogen-bond acceptors (Lipinski definition) is 9. The lowest BCUT2D eigenvalue weighted by molar-refractivity contribution is -0.274. The number of ether oxygens (including phenoxy) is 1. The van der Waals surface area contributed by atoms with Crippen molar-refractivity contribution in [2.45, 2.75) is 12.9 Å². The lowest BCUT2D eigenvalue weighted by atomic mass is 10.2. The number of fused-ring (bicyclic) bond motifs is 1. The summed E-state index contributed by atoms with van der Waals surface area (Å²) in [6.07, 6.45) is -2.09. The van der Waals surface area contributed by atoms with E-state index in [2.05, 4.69) is 20.1 Å². The topological polar surface area (TPSA) is 142 Å². The number of hydrogen-bond donors (Lipinski definition) is 4. The zero-order chi connectivity index (χ0) is 21.9. The molecule has 0 aliphatic rings. The van der Waals surface area contributed by atoms with Gasteiger partial charge in [0.05, 0.1) is 20.2 Å². The lowest BCUT2D eigenvalue weighted by Gasteiger charge is -2.10. The number of anilines is 1. The van der Waals surface area contributed by atoms with Crippen molar-refractivity contribution in [3.05, 3.63) is 45.7 Å². The first-order valence-electron chi connectivity index (χ1n) is 8.20. The average molecular weight is 456 g/mol. The van der Waals surface area contributed by atoms with E-state index in [-0.39, 0.29) is 17.2 Å². The van der Waals surface area contributed by atoms with Crippen molar-refractivity contribution < 1.29 is 22.7 Å². The maximum Gasteiger partial charge on any atom is 0.573 e. The summed E-state index contributed by atoms with van der Waals surface area (Å²) in [5, 5.41) is 6.00. The van der Waals surface area contributed by atoms with Gasteiger partial charge in [-0.1, -0.05) is 11.3 Å². The molecule has 0 spiro atoms. The molecule has 1 amide bonds. The fraction of sp³-hybridized carbons (Fsp3) is 0.118. The second kappa shape index (κ2) is 8.69. The van der Waals surface area contributed by atoms with Crippen molar-refractivity contribution >= 4 is 55.8 Å². The van der Waals surface area contributed by atoms with Gasteiger partial charge in [0.1, 0.15) is 5.52 Å². The molecule has 0 saturated carbocycles. The molecule has 13 heteroatoms. The van der Waals surface area contributed by atoms with Crippen molar-refractivity contribution in [1.82, 2.24) is 4.98 Å². The van der Waals surface area contributed by atoms with Crippen molar-refractivity contribution in [2.75, 3.05) is 5.32 Å². The van der Waals surface area contributed by atoms with Crippen LogP contribution in [0.4, 0.5) is 18.3 Å². The Morgan fingerprint density at radius 1 is 1.27 bits per heavy atom. The molecule has 0 bridgehead atoms. The molecule has 0 radical (unpaired) electrons. The Kier molecular flexibility index (Phi) is 6.24. The molecule has 2 aromatic heterocycles. The Morgan fingerprint density at radius 3 is 2.67 bits per heavy atom. The highest BCUT2D eigenvalue weighted by molar-refractivity contribution is 7.22. The molecule has 0 atom stereocenters. The summed E-state index contributed by atoms with van der Waals surface area (Å²) < 4.78 is 42.6. The van der Waals surface area contributed by atoms with Crippen LogP contribution in [0.3, 0.4) is 0 Å². The number of nitrogens with one attached hydrogen (secondary N) is 1. The zero-order valence-corrected chi connectivity index (χ0v) is 16.7. The molecule has 30 heavy (non-hydrogen) atoms. The molecule has 2 heterocycles. The van der Waals surface area contributed by atoms with Gasteiger partial charge in [0.15, 0.2) is 10.9 Å². The van der Waals surface area contributed by atoms with Crippen LogP contribution < -0.4 is 27.4 Å². The van der Waals surface area contributed by atoms with Crippen molar-refractivity contribution in [3.63, 3.8) is 0 Å². The van der Waals surface area contributed by atoms with Gasteiger partial charge in [0.2, 0.25) is 0 Å². The number of nitrogens with two attached hydrogens (primary N) is 3. The molecule has 0 aliphatic heterocycles. The standard InChI is InChI=1S/C17H15F3N6O2S2/c18-17(19,20)28-10-5-8(7-21)6-13-14(10)25-16(30-13)26-15(27)12-2-1-11(29-12)9(22)3-4-24-23/h1-6H,7,21-23H2,(H,25,26,27). The van der Waals surface area contributed by atoms with Crippen LogP contribution >= 0.6 is 22.7 Å². The van der Waals surface area contributed by atoms with Gasteiger partial charge in [-0.25, -0.2) is 4.98 Å². The normalized spacial score (nSPS) is 12.6. The van der Waals surface area contributed by atoms with Crippen LogP contribution in [0.2, 0.25) is 0 Å². The van der Waals surface area contributed by atoms with Crippen molar-refractivity contribution in [3.8, 4) is 5.75 Å². The van der Waals surface area contributed by atoms with E-state index in [0.717, 1.165) is 22.7 Å². The largest absolute Gasteiger partial charge is 0.573 e. The van der Waals surface area contributed by atoms with Crippen LogP contribution in [-0.2, 0) is 6.54 Å². The molecule has 1 aromatic carbocycles. The number of benzene rings is 1. The number of alkyl halides is 3. The maximum atomic E-state index is 12.7. The van der Waals surface area contributed by atoms with E-state index in [0.29, 0.717) is 25.7 Å². The van der Waals surface area contributed by atoms with Gasteiger partial charge in [0, 0.05) is 12.8 Å². The molecule has 158 valence electrons. The van der Waals surface area contributed by atoms with Gasteiger partial charge >= 0.3 is 6.36 Å². The fourth-order valence-corrected chi connectivity index (χ4v) is 4.19. The van der Waals surface area contributed by atoms with Gasteiger partial charge in [-0.2, -0.15) is 5.10 Å². The Balaban J connectivity index is 1.86. The van der Waals surface area contributed by atoms with Crippen LogP contribution in [0.15, 0.2) is 35.4 Å². The molecule has 0 fully saturated rings.